The molecule has 0 N–H and O–H groups in total. The van der Waals surface area contributed by atoms with Crippen molar-refractivity contribution in [2.75, 3.05) is 0 Å². The molecule has 0 spiro atoms. The Morgan fingerprint density at radius 1 is 1.36 bits per heavy atom. The largest absolute Gasteiger partial charge is 0.461 e. The molecule has 0 radical (unpaired) electrons. The van der Waals surface area contributed by atoms with Crippen LogP contribution in [0.4, 0.5) is 0 Å². The Hall–Kier alpha value is -2.22. The first-order valence-corrected chi connectivity index (χ1v) is 10.5. The monoisotopic (exact) mass is 406 g/mol. The number of hydrogen-bond donors (Lipinski definition) is 0. The van der Waals surface area contributed by atoms with Gasteiger partial charge in [-0.2, -0.15) is 0 Å². The van der Waals surface area contributed by atoms with E-state index < -0.39 is 11.9 Å². The summed E-state index contributed by atoms with van der Waals surface area (Å²) in [5, 5.41) is 0.349. The summed E-state index contributed by atoms with van der Waals surface area (Å²) >= 11 is 1.13. The van der Waals surface area contributed by atoms with Gasteiger partial charge in [-0.1, -0.05) is 13.3 Å². The van der Waals surface area contributed by atoms with E-state index in [-0.39, 0.29) is 24.3 Å². The van der Waals surface area contributed by atoms with Crippen molar-refractivity contribution in [3.8, 4) is 0 Å². The van der Waals surface area contributed by atoms with Gasteiger partial charge in [0, 0.05) is 0 Å². The lowest BCUT2D eigenvalue weighted by Gasteiger charge is -2.26. The Labute approximate surface area is 167 Å². The van der Waals surface area contributed by atoms with E-state index in [0.29, 0.717) is 26.6 Å². The third kappa shape index (κ3) is 4.43. The number of rotatable bonds is 5. The molecule has 7 nitrogen and oxygen atoms in total. The Morgan fingerprint density at radius 3 is 2.79 bits per heavy atom. The van der Waals surface area contributed by atoms with Crippen molar-refractivity contribution >= 4 is 33.5 Å². The van der Waals surface area contributed by atoms with Crippen LogP contribution in [-0.2, 0) is 20.8 Å². The Bertz CT molecular complexity index is 946. The zero-order chi connectivity index (χ0) is 20.4. The van der Waals surface area contributed by atoms with E-state index in [1.54, 1.807) is 20.8 Å². The van der Waals surface area contributed by atoms with Crippen LogP contribution in [0.2, 0.25) is 0 Å². The van der Waals surface area contributed by atoms with Crippen molar-refractivity contribution < 1.29 is 19.1 Å². The van der Waals surface area contributed by atoms with E-state index in [1.165, 1.54) is 10.9 Å². The molecule has 0 unspecified atom stereocenters. The molecule has 1 saturated carbocycles. The predicted octanol–water partition coefficient (Wildman–Crippen LogP) is 3.45. The van der Waals surface area contributed by atoms with Crippen LogP contribution >= 0.6 is 11.3 Å². The van der Waals surface area contributed by atoms with Crippen LogP contribution in [0.3, 0.4) is 0 Å². The summed E-state index contributed by atoms with van der Waals surface area (Å²) in [6.07, 6.45) is 4.95. The van der Waals surface area contributed by atoms with Gasteiger partial charge in [-0.3, -0.25) is 14.2 Å². The quantitative estimate of drug-likeness (QED) is 0.707. The average Bonchev–Trinajstić information content (AvgIpc) is 2.94. The molecule has 1 fully saturated rings. The molecule has 0 bridgehead atoms. The smallest absolute Gasteiger partial charge is 0.348 e. The van der Waals surface area contributed by atoms with E-state index >= 15 is 0 Å². The average molecular weight is 407 g/mol. The molecule has 2 atom stereocenters. The first-order chi connectivity index (χ1) is 13.3. The van der Waals surface area contributed by atoms with Gasteiger partial charge in [0.25, 0.3) is 5.56 Å². The standard InChI is InChI=1S/C20H26N2O5S/c1-11(2)26-20(25)17-13(4)16-18(28-17)21-10-22(19(16)24)9-15(23)27-14-7-5-6-12(3)8-14/h10-12,14H,5-9H2,1-4H3/t12-,14-/m0/s1. The summed E-state index contributed by atoms with van der Waals surface area (Å²) in [5.74, 6) is -0.355. The zero-order valence-corrected chi connectivity index (χ0v) is 17.5. The molecule has 0 saturated heterocycles. The lowest BCUT2D eigenvalue weighted by molar-refractivity contribution is -0.152. The van der Waals surface area contributed by atoms with Gasteiger partial charge in [0.05, 0.1) is 17.8 Å². The number of ether oxygens (including phenoxy) is 2. The van der Waals surface area contributed by atoms with Crippen LogP contribution in [0.5, 0.6) is 0 Å². The van der Waals surface area contributed by atoms with Gasteiger partial charge in [0.2, 0.25) is 0 Å². The fourth-order valence-electron chi connectivity index (χ4n) is 3.58. The van der Waals surface area contributed by atoms with Crippen LogP contribution in [-0.4, -0.2) is 33.7 Å². The maximum Gasteiger partial charge on any atom is 0.348 e. The number of aryl methyl sites for hydroxylation is 1. The number of esters is 2. The second kappa shape index (κ2) is 8.43. The fourth-order valence-corrected chi connectivity index (χ4v) is 4.60. The Balaban J connectivity index is 1.80. The highest BCUT2D eigenvalue weighted by Crippen LogP contribution is 2.28. The Morgan fingerprint density at radius 2 is 2.11 bits per heavy atom. The lowest BCUT2D eigenvalue weighted by atomic mass is 9.89. The number of carbonyl (C=O) groups excluding carboxylic acids is 2. The summed E-state index contributed by atoms with van der Waals surface area (Å²) < 4.78 is 12.0. The molecule has 1 aliphatic carbocycles. The first-order valence-electron chi connectivity index (χ1n) is 9.65. The predicted molar refractivity (Wildman–Crippen MR) is 107 cm³/mol. The van der Waals surface area contributed by atoms with Gasteiger partial charge in [-0.25, -0.2) is 9.78 Å². The van der Waals surface area contributed by atoms with Crippen LogP contribution in [0.1, 0.15) is 61.7 Å². The zero-order valence-electron chi connectivity index (χ0n) is 16.7. The summed E-state index contributed by atoms with van der Waals surface area (Å²) in [6.45, 7) is 7.21. The molecule has 0 aromatic carbocycles. The minimum absolute atomic E-state index is 0.0797. The molecule has 2 heterocycles. The number of carbonyl (C=O) groups is 2. The molecule has 2 aromatic heterocycles. The van der Waals surface area contributed by atoms with Crippen molar-refractivity contribution in [2.24, 2.45) is 5.92 Å². The van der Waals surface area contributed by atoms with E-state index in [1.807, 2.05) is 0 Å². The van der Waals surface area contributed by atoms with Crippen molar-refractivity contribution in [1.29, 1.82) is 0 Å². The molecule has 3 rings (SSSR count). The highest BCUT2D eigenvalue weighted by atomic mass is 32.1. The minimum atomic E-state index is -0.465. The summed E-state index contributed by atoms with van der Waals surface area (Å²) in [4.78, 5) is 42.5. The lowest BCUT2D eigenvalue weighted by Crippen LogP contribution is -2.30. The molecular weight excluding hydrogens is 380 g/mol. The van der Waals surface area contributed by atoms with E-state index in [2.05, 4.69) is 11.9 Å². The van der Waals surface area contributed by atoms with Gasteiger partial charge in [0.1, 0.15) is 22.4 Å². The molecular formula is C20H26N2O5S. The van der Waals surface area contributed by atoms with Crippen molar-refractivity contribution in [1.82, 2.24) is 9.55 Å². The first kappa shape index (κ1) is 20.5. The normalized spacial score (nSPS) is 19.8. The molecule has 2 aromatic rings. The summed E-state index contributed by atoms with van der Waals surface area (Å²) in [7, 11) is 0. The topological polar surface area (TPSA) is 87.5 Å². The van der Waals surface area contributed by atoms with Crippen LogP contribution < -0.4 is 5.56 Å². The van der Waals surface area contributed by atoms with E-state index in [4.69, 9.17) is 9.47 Å². The van der Waals surface area contributed by atoms with Gasteiger partial charge in [-0.05, 0) is 51.5 Å². The van der Waals surface area contributed by atoms with Crippen LogP contribution in [0.25, 0.3) is 10.2 Å². The molecule has 1 aliphatic rings. The Kier molecular flexibility index (Phi) is 6.17. The van der Waals surface area contributed by atoms with Crippen LogP contribution in [0.15, 0.2) is 11.1 Å². The molecule has 0 aliphatic heterocycles. The van der Waals surface area contributed by atoms with E-state index in [9.17, 15) is 14.4 Å². The minimum Gasteiger partial charge on any atom is -0.461 e. The van der Waals surface area contributed by atoms with Crippen molar-refractivity contribution in [3.63, 3.8) is 0 Å². The highest BCUT2D eigenvalue weighted by Gasteiger charge is 2.24. The molecule has 8 heteroatoms. The maximum atomic E-state index is 12.9. The summed E-state index contributed by atoms with van der Waals surface area (Å²) in [6, 6.07) is 0. The molecule has 28 heavy (non-hydrogen) atoms. The van der Waals surface area contributed by atoms with Crippen molar-refractivity contribution in [2.45, 2.75) is 72.1 Å². The van der Waals surface area contributed by atoms with Gasteiger partial charge >= 0.3 is 11.9 Å². The fraction of sp³-hybridized carbons (Fsp3) is 0.600. The van der Waals surface area contributed by atoms with Gasteiger partial charge < -0.3 is 9.47 Å². The van der Waals surface area contributed by atoms with E-state index in [0.717, 1.165) is 37.0 Å². The van der Waals surface area contributed by atoms with Gasteiger partial charge in [-0.15, -0.1) is 11.3 Å². The maximum absolute atomic E-state index is 12.9. The molecule has 0 amide bonds. The number of hydrogen-bond acceptors (Lipinski definition) is 7. The number of nitrogens with zero attached hydrogens (tertiary/aromatic N) is 2. The number of aromatic nitrogens is 2. The second-order valence-corrected chi connectivity index (χ2v) is 8.75. The van der Waals surface area contributed by atoms with Crippen molar-refractivity contribution in [3.05, 3.63) is 27.1 Å². The highest BCUT2D eigenvalue weighted by molar-refractivity contribution is 7.20. The number of thiophene rings is 1. The summed E-state index contributed by atoms with van der Waals surface area (Å²) in [5.41, 5.74) is 0.184. The van der Waals surface area contributed by atoms with Gasteiger partial charge in [0.15, 0.2) is 0 Å². The van der Waals surface area contributed by atoms with Crippen LogP contribution in [0, 0.1) is 12.8 Å². The second-order valence-electron chi connectivity index (χ2n) is 7.75. The SMILES string of the molecule is Cc1c(C(=O)OC(C)C)sc2ncn(CC(=O)O[C@H]3CCC[C@H](C)C3)c(=O)c12. The third-order valence-corrected chi connectivity index (χ3v) is 6.11. The third-order valence-electron chi connectivity index (χ3n) is 4.93. The molecule has 152 valence electrons. The number of fused-ring (bicyclic) bond motifs is 1.